The van der Waals surface area contributed by atoms with Crippen LogP contribution >= 0.6 is 0 Å². The van der Waals surface area contributed by atoms with Crippen LogP contribution in [-0.4, -0.2) is 49.4 Å². The minimum absolute atomic E-state index is 0.139. The number of hydrogen-bond acceptors (Lipinski definition) is 3. The molecular weight excluding hydrogens is 626 g/mol. The zero-order valence-electron chi connectivity index (χ0n) is 20.8. The standard InChI is InChI=1S/C24H21F12NO4S/c25-16-8-10-17(11-9-16)42(40,41)37-18(15-6-4-14(5-7-15)2-1-3-19(38)39)12-13-20(26,27)22(29,30)21(28,23(31,32)33)24(34,35)36/h4-11,18,37H,1-3,12-13H2,(H,38,39). The summed E-state index contributed by atoms with van der Waals surface area (Å²) in [7, 11) is -4.78. The Morgan fingerprint density at radius 3 is 1.76 bits per heavy atom. The molecule has 2 aromatic rings. The summed E-state index contributed by atoms with van der Waals surface area (Å²) in [6.45, 7) is 0. The van der Waals surface area contributed by atoms with E-state index in [-0.39, 0.29) is 24.8 Å². The fraction of sp³-hybridized carbons (Fsp3) is 0.458. The molecule has 0 bridgehead atoms. The Hall–Kier alpha value is -3.02. The summed E-state index contributed by atoms with van der Waals surface area (Å²) in [5.41, 5.74) is -7.49. The number of aliphatic carboxylic acids is 1. The van der Waals surface area contributed by atoms with Crippen molar-refractivity contribution in [2.75, 3.05) is 0 Å². The molecule has 0 fully saturated rings. The van der Waals surface area contributed by atoms with Crippen LogP contribution in [0.1, 0.15) is 42.9 Å². The Kier molecular flexibility index (Phi) is 10.3. The summed E-state index contributed by atoms with van der Waals surface area (Å²) in [4.78, 5) is 9.97. The number of carbonyl (C=O) groups is 1. The monoisotopic (exact) mass is 647 g/mol. The Bertz CT molecular complexity index is 1310. The van der Waals surface area contributed by atoms with Gasteiger partial charge in [-0.15, -0.1) is 0 Å². The molecule has 0 heterocycles. The molecule has 0 aliphatic heterocycles. The Balaban J connectivity index is 2.46. The number of alkyl halides is 11. The van der Waals surface area contributed by atoms with E-state index >= 15 is 0 Å². The van der Waals surface area contributed by atoms with Crippen molar-refractivity contribution in [2.24, 2.45) is 0 Å². The quantitative estimate of drug-likeness (QED) is 0.227. The molecular formula is C24H21F12NO4S. The van der Waals surface area contributed by atoms with E-state index in [1.165, 1.54) is 12.1 Å². The maximum Gasteiger partial charge on any atom is 0.438 e. The topological polar surface area (TPSA) is 83.5 Å². The van der Waals surface area contributed by atoms with Gasteiger partial charge in [-0.2, -0.15) is 43.9 Å². The minimum Gasteiger partial charge on any atom is -0.481 e. The van der Waals surface area contributed by atoms with Gasteiger partial charge in [-0.05, 0) is 54.7 Å². The summed E-state index contributed by atoms with van der Waals surface area (Å²) in [6, 6.07) is 5.43. The maximum atomic E-state index is 14.4. The molecule has 236 valence electrons. The molecule has 0 aliphatic rings. The summed E-state index contributed by atoms with van der Waals surface area (Å²) < 4.78 is 189. The van der Waals surface area contributed by atoms with Gasteiger partial charge in [0.05, 0.1) is 4.90 Å². The average molecular weight is 647 g/mol. The van der Waals surface area contributed by atoms with Crippen LogP contribution in [-0.2, 0) is 21.2 Å². The van der Waals surface area contributed by atoms with Crippen molar-refractivity contribution < 1.29 is 71.0 Å². The number of halogens is 12. The van der Waals surface area contributed by atoms with Crippen molar-refractivity contribution in [3.8, 4) is 0 Å². The Morgan fingerprint density at radius 1 is 0.810 bits per heavy atom. The van der Waals surface area contributed by atoms with Crippen molar-refractivity contribution in [1.29, 1.82) is 0 Å². The van der Waals surface area contributed by atoms with Gasteiger partial charge in [0, 0.05) is 18.9 Å². The first-order valence-corrected chi connectivity index (χ1v) is 13.1. The number of aryl methyl sites for hydroxylation is 1. The lowest BCUT2D eigenvalue weighted by atomic mass is 9.87. The van der Waals surface area contributed by atoms with Gasteiger partial charge in [0.25, 0.3) is 0 Å². The lowest BCUT2D eigenvalue weighted by Crippen LogP contribution is -2.70. The van der Waals surface area contributed by atoms with Crippen molar-refractivity contribution in [2.45, 2.75) is 72.9 Å². The van der Waals surface area contributed by atoms with Crippen LogP contribution in [0, 0.1) is 5.82 Å². The van der Waals surface area contributed by atoms with E-state index in [0.29, 0.717) is 29.8 Å². The largest absolute Gasteiger partial charge is 0.481 e. The summed E-state index contributed by atoms with van der Waals surface area (Å²) in [5, 5.41) is 8.70. The first-order chi connectivity index (χ1) is 19.0. The van der Waals surface area contributed by atoms with Crippen LogP contribution in [0.25, 0.3) is 0 Å². The fourth-order valence-electron chi connectivity index (χ4n) is 3.77. The van der Waals surface area contributed by atoms with Crippen LogP contribution in [0.4, 0.5) is 52.7 Å². The van der Waals surface area contributed by atoms with Gasteiger partial charge in [-0.1, -0.05) is 24.3 Å². The van der Waals surface area contributed by atoms with Gasteiger partial charge in [0.15, 0.2) is 0 Å². The third-order valence-corrected chi connectivity index (χ3v) is 7.57. The van der Waals surface area contributed by atoms with E-state index in [0.717, 1.165) is 12.1 Å². The summed E-state index contributed by atoms with van der Waals surface area (Å²) in [6.07, 6.45) is -19.1. The third-order valence-electron chi connectivity index (χ3n) is 6.08. The SMILES string of the molecule is O=C(O)CCCc1ccc(C(CCC(F)(F)C(F)(F)C(F)(C(F)(F)F)C(F)(F)F)NS(=O)(=O)c2ccc(F)cc2)cc1. The lowest BCUT2D eigenvalue weighted by Gasteiger charge is -2.40. The minimum atomic E-state index is -7.66. The van der Waals surface area contributed by atoms with Crippen LogP contribution < -0.4 is 4.72 Å². The number of rotatable bonds is 13. The van der Waals surface area contributed by atoms with Gasteiger partial charge < -0.3 is 5.11 Å². The number of benzene rings is 2. The lowest BCUT2D eigenvalue weighted by molar-refractivity contribution is -0.427. The summed E-state index contributed by atoms with van der Waals surface area (Å²) >= 11 is 0. The fourth-order valence-corrected chi connectivity index (χ4v) is 5.03. The molecule has 2 aromatic carbocycles. The molecule has 18 heteroatoms. The second-order valence-electron chi connectivity index (χ2n) is 9.09. The number of nitrogens with one attached hydrogen (secondary N) is 1. The maximum absolute atomic E-state index is 14.4. The molecule has 0 spiro atoms. The second-order valence-corrected chi connectivity index (χ2v) is 10.8. The average Bonchev–Trinajstić information content (AvgIpc) is 2.85. The van der Waals surface area contributed by atoms with Gasteiger partial charge in [-0.3, -0.25) is 4.79 Å². The molecule has 0 aromatic heterocycles. The molecule has 0 saturated heterocycles. The normalized spacial score (nSPS) is 14.6. The predicted molar refractivity (Wildman–Crippen MR) is 122 cm³/mol. The van der Waals surface area contributed by atoms with E-state index in [2.05, 4.69) is 0 Å². The molecule has 0 amide bonds. The van der Waals surface area contributed by atoms with Crippen LogP contribution in [0.3, 0.4) is 0 Å². The highest BCUT2D eigenvalue weighted by Gasteiger charge is 2.89. The number of carboxylic acid groups (broad SMARTS) is 1. The molecule has 0 saturated carbocycles. The number of sulfonamides is 1. The second kappa shape index (κ2) is 12.3. The molecule has 5 nitrogen and oxygen atoms in total. The van der Waals surface area contributed by atoms with Crippen LogP contribution in [0.2, 0.25) is 0 Å². The molecule has 2 N–H and O–H groups in total. The van der Waals surface area contributed by atoms with E-state index in [1.54, 1.807) is 4.72 Å². The molecule has 1 atom stereocenters. The molecule has 42 heavy (non-hydrogen) atoms. The van der Waals surface area contributed by atoms with E-state index in [9.17, 15) is 65.9 Å². The van der Waals surface area contributed by atoms with Crippen molar-refractivity contribution in [3.05, 3.63) is 65.5 Å². The Morgan fingerprint density at radius 2 is 1.31 bits per heavy atom. The van der Waals surface area contributed by atoms with Crippen molar-refractivity contribution in [1.82, 2.24) is 4.72 Å². The molecule has 2 rings (SSSR count). The van der Waals surface area contributed by atoms with E-state index in [4.69, 9.17) is 5.11 Å². The van der Waals surface area contributed by atoms with E-state index < -0.39 is 75.5 Å². The van der Waals surface area contributed by atoms with Crippen LogP contribution in [0.15, 0.2) is 53.4 Å². The van der Waals surface area contributed by atoms with Gasteiger partial charge in [0.1, 0.15) is 5.82 Å². The zero-order valence-corrected chi connectivity index (χ0v) is 21.7. The molecule has 0 radical (unpaired) electrons. The smallest absolute Gasteiger partial charge is 0.438 e. The summed E-state index contributed by atoms with van der Waals surface area (Å²) in [5.74, 6) is -15.7. The van der Waals surface area contributed by atoms with Crippen molar-refractivity contribution >= 4 is 16.0 Å². The molecule has 1 unspecified atom stereocenters. The predicted octanol–water partition coefficient (Wildman–Crippen LogP) is 7.14. The first kappa shape index (κ1) is 35.2. The highest BCUT2D eigenvalue weighted by atomic mass is 32.2. The molecule has 0 aliphatic carbocycles. The number of carboxylic acids is 1. The highest BCUT2D eigenvalue weighted by molar-refractivity contribution is 7.89. The zero-order chi connectivity index (χ0) is 32.4. The van der Waals surface area contributed by atoms with Gasteiger partial charge in [0.2, 0.25) is 10.0 Å². The van der Waals surface area contributed by atoms with Crippen molar-refractivity contribution in [3.63, 3.8) is 0 Å². The number of hydrogen-bond donors (Lipinski definition) is 2. The third kappa shape index (κ3) is 7.48. The van der Waals surface area contributed by atoms with E-state index in [1.807, 2.05) is 0 Å². The van der Waals surface area contributed by atoms with Gasteiger partial charge >= 0.3 is 35.8 Å². The van der Waals surface area contributed by atoms with Crippen LogP contribution in [0.5, 0.6) is 0 Å². The first-order valence-electron chi connectivity index (χ1n) is 11.6. The highest BCUT2D eigenvalue weighted by Crippen LogP contribution is 2.60. The Labute approximate surface area is 230 Å². The van der Waals surface area contributed by atoms with Gasteiger partial charge in [-0.25, -0.2) is 21.9 Å².